The number of carbonyl (C=O) groups is 1. The van der Waals surface area contributed by atoms with E-state index >= 15 is 0 Å². The van der Waals surface area contributed by atoms with Gasteiger partial charge in [0.05, 0.1) is 12.0 Å². The number of guanidine groups is 1. The molecule has 1 aliphatic carbocycles. The number of halogens is 1. The lowest BCUT2D eigenvalue weighted by Crippen LogP contribution is -2.49. The fourth-order valence-electron chi connectivity index (χ4n) is 4.77. The number of carbonyl (C=O) groups excluding carboxylic acids is 1. The molecule has 1 amide bonds. The maximum absolute atomic E-state index is 12.8. The molecule has 1 heterocycles. The first-order chi connectivity index (χ1) is 15.4. The van der Waals surface area contributed by atoms with Gasteiger partial charge in [0.2, 0.25) is 5.91 Å². The number of likely N-dealkylation sites (N-methyl/N-ethyl adjacent to an activating group) is 1. The summed E-state index contributed by atoms with van der Waals surface area (Å²) >= 11 is 0. The van der Waals surface area contributed by atoms with Gasteiger partial charge in [-0.15, -0.1) is 24.0 Å². The van der Waals surface area contributed by atoms with E-state index in [-0.39, 0.29) is 35.3 Å². The van der Waals surface area contributed by atoms with Crippen molar-refractivity contribution in [3.05, 3.63) is 35.4 Å². The quantitative estimate of drug-likeness (QED) is 0.286. The summed E-state index contributed by atoms with van der Waals surface area (Å²) in [5.41, 5.74) is 2.26. The third-order valence-electron chi connectivity index (χ3n) is 6.80. The van der Waals surface area contributed by atoms with Gasteiger partial charge in [-0.2, -0.15) is 0 Å². The third kappa shape index (κ3) is 8.10. The normalized spacial score (nSPS) is 19.1. The van der Waals surface area contributed by atoms with Gasteiger partial charge < -0.3 is 20.4 Å². The SMILES string of the molecule is CCNC(=NCc1ccc(CN2CCN(C)CC2)cc1)NCC1(C(=O)N(C)C)CCCC1.I. The molecule has 0 atom stereocenters. The van der Waals surface area contributed by atoms with E-state index in [4.69, 9.17) is 4.99 Å². The van der Waals surface area contributed by atoms with Crippen LogP contribution < -0.4 is 10.6 Å². The van der Waals surface area contributed by atoms with E-state index in [9.17, 15) is 4.79 Å². The highest BCUT2D eigenvalue weighted by Crippen LogP contribution is 2.38. The molecule has 1 aliphatic heterocycles. The summed E-state index contributed by atoms with van der Waals surface area (Å²) in [7, 11) is 5.90. The summed E-state index contributed by atoms with van der Waals surface area (Å²) in [4.78, 5) is 24.3. The van der Waals surface area contributed by atoms with Crippen LogP contribution in [0.5, 0.6) is 0 Å². The van der Waals surface area contributed by atoms with Gasteiger partial charge >= 0.3 is 0 Å². The van der Waals surface area contributed by atoms with Crippen molar-refractivity contribution in [2.75, 3.05) is 60.4 Å². The summed E-state index contributed by atoms with van der Waals surface area (Å²) < 4.78 is 0. The van der Waals surface area contributed by atoms with Crippen LogP contribution in [0.25, 0.3) is 0 Å². The van der Waals surface area contributed by atoms with Crippen LogP contribution in [0.1, 0.15) is 43.7 Å². The van der Waals surface area contributed by atoms with Crippen LogP contribution in [0.4, 0.5) is 0 Å². The second-order valence-electron chi connectivity index (χ2n) is 9.63. The van der Waals surface area contributed by atoms with Crippen molar-refractivity contribution in [3.8, 4) is 0 Å². The Morgan fingerprint density at radius 2 is 1.64 bits per heavy atom. The Kier molecular flexibility index (Phi) is 11.4. The summed E-state index contributed by atoms with van der Waals surface area (Å²) in [5.74, 6) is 1.01. The van der Waals surface area contributed by atoms with E-state index in [1.165, 1.54) is 11.1 Å². The maximum atomic E-state index is 12.8. The second kappa shape index (κ2) is 13.5. The van der Waals surface area contributed by atoms with Gasteiger partial charge in [0.25, 0.3) is 0 Å². The summed E-state index contributed by atoms with van der Waals surface area (Å²) in [6, 6.07) is 8.83. The Morgan fingerprint density at radius 3 is 2.21 bits per heavy atom. The number of hydrogen-bond donors (Lipinski definition) is 2. The molecule has 0 bridgehead atoms. The highest BCUT2D eigenvalue weighted by molar-refractivity contribution is 14.0. The van der Waals surface area contributed by atoms with E-state index in [0.29, 0.717) is 13.1 Å². The minimum atomic E-state index is -0.301. The van der Waals surface area contributed by atoms with Crippen molar-refractivity contribution in [1.82, 2.24) is 25.3 Å². The number of piperazine rings is 1. The zero-order chi connectivity index (χ0) is 23.0. The van der Waals surface area contributed by atoms with Crippen molar-refractivity contribution < 1.29 is 4.79 Å². The topological polar surface area (TPSA) is 63.2 Å². The molecule has 1 saturated heterocycles. The van der Waals surface area contributed by atoms with Gasteiger partial charge in [0.1, 0.15) is 0 Å². The van der Waals surface area contributed by atoms with E-state index in [2.05, 4.69) is 58.7 Å². The highest BCUT2D eigenvalue weighted by atomic mass is 127. The first kappa shape index (κ1) is 27.9. The van der Waals surface area contributed by atoms with Gasteiger partial charge in [-0.05, 0) is 37.9 Å². The lowest BCUT2D eigenvalue weighted by Gasteiger charge is -2.32. The smallest absolute Gasteiger partial charge is 0.230 e. The van der Waals surface area contributed by atoms with Crippen LogP contribution in [0, 0.1) is 5.41 Å². The van der Waals surface area contributed by atoms with Gasteiger partial charge in [0.15, 0.2) is 5.96 Å². The molecule has 0 radical (unpaired) electrons. The zero-order valence-corrected chi connectivity index (χ0v) is 23.2. The molecule has 0 spiro atoms. The molecule has 0 unspecified atom stereocenters. The summed E-state index contributed by atoms with van der Waals surface area (Å²) in [6.45, 7) is 9.71. The monoisotopic (exact) mass is 570 g/mol. The second-order valence-corrected chi connectivity index (χ2v) is 9.63. The molecule has 7 nitrogen and oxygen atoms in total. The van der Waals surface area contributed by atoms with Crippen LogP contribution >= 0.6 is 24.0 Å². The lowest BCUT2D eigenvalue weighted by molar-refractivity contribution is -0.138. The number of aliphatic imine (C=N–C) groups is 1. The first-order valence-electron chi connectivity index (χ1n) is 12.1. The number of nitrogens with one attached hydrogen (secondary N) is 2. The third-order valence-corrected chi connectivity index (χ3v) is 6.80. The Bertz CT molecular complexity index is 753. The molecule has 33 heavy (non-hydrogen) atoms. The Balaban J connectivity index is 0.00000385. The molecule has 1 aromatic carbocycles. The molecule has 0 aromatic heterocycles. The molecular formula is C25H43IN6O. The van der Waals surface area contributed by atoms with Crippen LogP contribution in [0.15, 0.2) is 29.3 Å². The van der Waals surface area contributed by atoms with Crippen LogP contribution in [0.3, 0.4) is 0 Å². The number of amides is 1. The maximum Gasteiger partial charge on any atom is 0.230 e. The predicted octanol–water partition coefficient (Wildman–Crippen LogP) is 2.76. The van der Waals surface area contributed by atoms with Gasteiger partial charge in [-0.1, -0.05) is 37.1 Å². The van der Waals surface area contributed by atoms with Crippen molar-refractivity contribution in [2.45, 2.75) is 45.7 Å². The fraction of sp³-hybridized carbons (Fsp3) is 0.680. The molecule has 1 saturated carbocycles. The molecule has 1 aromatic rings. The van der Waals surface area contributed by atoms with E-state index < -0.39 is 0 Å². The highest BCUT2D eigenvalue weighted by Gasteiger charge is 2.42. The fourth-order valence-corrected chi connectivity index (χ4v) is 4.77. The molecule has 2 fully saturated rings. The number of benzene rings is 1. The molecule has 2 aliphatic rings. The van der Waals surface area contributed by atoms with Crippen LogP contribution in [0.2, 0.25) is 0 Å². The Labute approximate surface area is 217 Å². The van der Waals surface area contributed by atoms with Crippen molar-refractivity contribution in [1.29, 1.82) is 0 Å². The van der Waals surface area contributed by atoms with Crippen LogP contribution in [-0.4, -0.2) is 87.0 Å². The summed E-state index contributed by atoms with van der Waals surface area (Å²) in [5, 5.41) is 6.79. The number of nitrogens with zero attached hydrogens (tertiary/aromatic N) is 4. The van der Waals surface area contributed by atoms with Crippen molar-refractivity contribution in [2.24, 2.45) is 10.4 Å². The molecule has 2 N–H and O–H groups in total. The first-order valence-corrected chi connectivity index (χ1v) is 12.1. The van der Waals surface area contributed by atoms with Gasteiger partial charge in [0, 0.05) is 59.9 Å². The van der Waals surface area contributed by atoms with E-state index in [0.717, 1.165) is 70.9 Å². The molecule has 8 heteroatoms. The minimum absolute atomic E-state index is 0. The van der Waals surface area contributed by atoms with E-state index in [1.54, 1.807) is 4.90 Å². The lowest BCUT2D eigenvalue weighted by atomic mass is 9.84. The van der Waals surface area contributed by atoms with Gasteiger partial charge in [-0.25, -0.2) is 4.99 Å². The largest absolute Gasteiger partial charge is 0.357 e. The van der Waals surface area contributed by atoms with Crippen molar-refractivity contribution >= 4 is 35.8 Å². The Hall–Kier alpha value is -1.39. The van der Waals surface area contributed by atoms with E-state index in [1.807, 2.05) is 14.1 Å². The molecule has 186 valence electrons. The zero-order valence-electron chi connectivity index (χ0n) is 20.9. The van der Waals surface area contributed by atoms with Gasteiger partial charge in [-0.3, -0.25) is 9.69 Å². The number of rotatable bonds is 8. The summed E-state index contributed by atoms with van der Waals surface area (Å²) in [6.07, 6.45) is 4.14. The van der Waals surface area contributed by atoms with Crippen LogP contribution in [-0.2, 0) is 17.9 Å². The average Bonchev–Trinajstić information content (AvgIpc) is 3.28. The molecular weight excluding hydrogens is 527 g/mol. The standard InChI is InChI=1S/C25H42N6O.HI/c1-5-26-24(28-20-25(12-6-7-13-25)23(32)29(2)3)27-18-21-8-10-22(11-9-21)19-31-16-14-30(4)15-17-31;/h8-11H,5-7,12-20H2,1-4H3,(H2,26,27,28);1H. The minimum Gasteiger partial charge on any atom is -0.357 e. The number of hydrogen-bond acceptors (Lipinski definition) is 4. The van der Waals surface area contributed by atoms with Crippen molar-refractivity contribution in [3.63, 3.8) is 0 Å². The predicted molar refractivity (Wildman–Crippen MR) is 147 cm³/mol. The average molecular weight is 571 g/mol. The Morgan fingerprint density at radius 1 is 1.03 bits per heavy atom. The molecule has 3 rings (SSSR count).